The maximum Gasteiger partial charge on any atom is 0.322 e. The average Bonchev–Trinajstić information content (AvgIpc) is 3.17. The van der Waals surface area contributed by atoms with Gasteiger partial charge in [0.15, 0.2) is 0 Å². The number of carbonyl (C=O) groups excluding carboxylic acids is 2. The summed E-state index contributed by atoms with van der Waals surface area (Å²) in [6.07, 6.45) is 0. The summed E-state index contributed by atoms with van der Waals surface area (Å²) in [4.78, 5) is 26.5. The molecule has 0 unspecified atom stereocenters. The highest BCUT2D eigenvalue weighted by Crippen LogP contribution is 2.23. The van der Waals surface area contributed by atoms with E-state index in [-0.39, 0.29) is 24.3 Å². The number of fused-ring (bicyclic) bond motifs is 1. The summed E-state index contributed by atoms with van der Waals surface area (Å²) in [7, 11) is 0. The predicted octanol–water partition coefficient (Wildman–Crippen LogP) is 4.30. The van der Waals surface area contributed by atoms with Gasteiger partial charge in [-0.1, -0.05) is 36.4 Å². The first kappa shape index (κ1) is 18.7. The lowest BCUT2D eigenvalue weighted by Gasteiger charge is -2.16. The average molecular weight is 389 g/mol. The van der Waals surface area contributed by atoms with Crippen LogP contribution in [0.15, 0.2) is 72.8 Å². The Bertz CT molecular complexity index is 1020. The van der Waals surface area contributed by atoms with Crippen LogP contribution in [0.3, 0.4) is 0 Å². The van der Waals surface area contributed by atoms with Crippen LogP contribution in [0.5, 0.6) is 0 Å². The Morgan fingerprint density at radius 3 is 2.24 bits per heavy atom. The second-order valence-corrected chi connectivity index (χ2v) is 6.94. The molecule has 1 aliphatic rings. The lowest BCUT2D eigenvalue weighted by atomic mass is 10.1. The van der Waals surface area contributed by atoms with Crippen molar-refractivity contribution in [1.29, 1.82) is 0 Å². The summed E-state index contributed by atoms with van der Waals surface area (Å²) in [5.74, 6) is -0.597. The van der Waals surface area contributed by atoms with Crippen molar-refractivity contribution in [3.8, 4) is 0 Å². The molecule has 0 spiro atoms. The number of rotatable bonds is 4. The first-order valence-electron chi connectivity index (χ1n) is 9.34. The van der Waals surface area contributed by atoms with Crippen molar-refractivity contribution >= 4 is 17.6 Å². The van der Waals surface area contributed by atoms with Crippen molar-refractivity contribution in [3.05, 3.63) is 101 Å². The lowest BCUT2D eigenvalue weighted by Crippen LogP contribution is -2.30. The Kier molecular flexibility index (Phi) is 5.24. The van der Waals surface area contributed by atoms with Gasteiger partial charge in [-0.2, -0.15) is 0 Å². The van der Waals surface area contributed by atoms with Crippen LogP contribution in [-0.4, -0.2) is 16.8 Å². The molecule has 0 fully saturated rings. The molecule has 4 rings (SSSR count). The van der Waals surface area contributed by atoms with Crippen molar-refractivity contribution in [2.75, 3.05) is 5.32 Å². The second-order valence-electron chi connectivity index (χ2n) is 6.94. The fraction of sp³-hybridized carbons (Fsp3) is 0.130. The van der Waals surface area contributed by atoms with E-state index in [1.165, 1.54) is 12.1 Å². The van der Waals surface area contributed by atoms with Crippen molar-refractivity contribution in [3.63, 3.8) is 0 Å². The molecular formula is C23H20FN3O2. The van der Waals surface area contributed by atoms with Gasteiger partial charge in [0.2, 0.25) is 0 Å². The molecule has 0 radical (unpaired) electrons. The van der Waals surface area contributed by atoms with Gasteiger partial charge in [0.25, 0.3) is 5.91 Å². The van der Waals surface area contributed by atoms with Crippen LogP contribution in [0.25, 0.3) is 0 Å². The van der Waals surface area contributed by atoms with Crippen molar-refractivity contribution in [2.24, 2.45) is 0 Å². The number of hydrogen-bond acceptors (Lipinski definition) is 2. The molecular weight excluding hydrogens is 369 g/mol. The monoisotopic (exact) mass is 389 g/mol. The van der Waals surface area contributed by atoms with Crippen LogP contribution < -0.4 is 10.6 Å². The molecule has 0 saturated carbocycles. The SMILES string of the molecule is O=C(NCc1cccc(F)c1)c1ccc(NC(=O)N2Cc3ccccc3C2)cc1. The minimum absolute atomic E-state index is 0.176. The number of halogens is 1. The number of benzene rings is 3. The third kappa shape index (κ3) is 4.43. The number of amides is 3. The molecule has 3 aromatic rings. The van der Waals surface area contributed by atoms with E-state index in [2.05, 4.69) is 10.6 Å². The van der Waals surface area contributed by atoms with Gasteiger partial charge in [-0.25, -0.2) is 9.18 Å². The van der Waals surface area contributed by atoms with Crippen LogP contribution in [0.4, 0.5) is 14.9 Å². The molecule has 1 heterocycles. The van der Waals surface area contributed by atoms with Crippen molar-refractivity contribution in [1.82, 2.24) is 10.2 Å². The van der Waals surface area contributed by atoms with Gasteiger partial charge in [0.05, 0.1) is 0 Å². The van der Waals surface area contributed by atoms with Crippen LogP contribution in [0.2, 0.25) is 0 Å². The standard InChI is InChI=1S/C23H20FN3O2/c24-20-7-3-4-16(12-20)13-25-22(28)17-8-10-21(11-9-17)26-23(29)27-14-18-5-1-2-6-19(18)15-27/h1-12H,13-15H2,(H,25,28)(H,26,29). The molecule has 0 aliphatic carbocycles. The van der Waals surface area contributed by atoms with Gasteiger partial charge in [-0.05, 0) is 53.1 Å². The highest BCUT2D eigenvalue weighted by molar-refractivity contribution is 5.95. The van der Waals surface area contributed by atoms with Gasteiger partial charge in [-0.15, -0.1) is 0 Å². The maximum atomic E-state index is 13.2. The molecule has 0 saturated heterocycles. The number of nitrogens with zero attached hydrogens (tertiary/aromatic N) is 1. The van der Waals surface area contributed by atoms with Gasteiger partial charge in [-0.3, -0.25) is 4.79 Å². The topological polar surface area (TPSA) is 61.4 Å². The maximum absolute atomic E-state index is 13.2. The molecule has 0 aromatic heterocycles. The number of carbonyl (C=O) groups is 2. The summed E-state index contributed by atoms with van der Waals surface area (Å²) >= 11 is 0. The Morgan fingerprint density at radius 1 is 0.897 bits per heavy atom. The highest BCUT2D eigenvalue weighted by Gasteiger charge is 2.22. The molecule has 2 N–H and O–H groups in total. The third-order valence-corrected chi connectivity index (χ3v) is 4.87. The molecule has 1 aliphatic heterocycles. The van der Waals surface area contributed by atoms with E-state index in [0.29, 0.717) is 29.9 Å². The molecule has 3 aromatic carbocycles. The summed E-state index contributed by atoms with van der Waals surface area (Å²) < 4.78 is 13.2. The zero-order valence-electron chi connectivity index (χ0n) is 15.7. The number of anilines is 1. The van der Waals surface area contributed by atoms with Crippen LogP contribution >= 0.6 is 0 Å². The van der Waals surface area contributed by atoms with Gasteiger partial charge in [0, 0.05) is 30.9 Å². The zero-order chi connectivity index (χ0) is 20.2. The summed E-state index contributed by atoms with van der Waals surface area (Å²) in [5, 5.41) is 5.62. The quantitative estimate of drug-likeness (QED) is 0.699. The third-order valence-electron chi connectivity index (χ3n) is 4.87. The second kappa shape index (κ2) is 8.14. The number of nitrogens with one attached hydrogen (secondary N) is 2. The van der Waals surface area contributed by atoms with Crippen LogP contribution in [0.1, 0.15) is 27.0 Å². The fourth-order valence-corrected chi connectivity index (χ4v) is 3.32. The van der Waals surface area contributed by atoms with Gasteiger partial charge in [0.1, 0.15) is 5.82 Å². The smallest absolute Gasteiger partial charge is 0.322 e. The predicted molar refractivity (Wildman–Crippen MR) is 109 cm³/mol. The van der Waals surface area contributed by atoms with E-state index in [4.69, 9.17) is 0 Å². The van der Waals surface area contributed by atoms with Crippen LogP contribution in [-0.2, 0) is 19.6 Å². The number of hydrogen-bond donors (Lipinski definition) is 2. The highest BCUT2D eigenvalue weighted by atomic mass is 19.1. The zero-order valence-corrected chi connectivity index (χ0v) is 15.7. The molecule has 5 nitrogen and oxygen atoms in total. The molecule has 146 valence electrons. The molecule has 29 heavy (non-hydrogen) atoms. The largest absolute Gasteiger partial charge is 0.348 e. The Hall–Kier alpha value is -3.67. The van der Waals surface area contributed by atoms with E-state index in [9.17, 15) is 14.0 Å². The Balaban J connectivity index is 1.32. The Morgan fingerprint density at radius 2 is 1.59 bits per heavy atom. The van der Waals surface area contributed by atoms with Gasteiger partial charge < -0.3 is 15.5 Å². The van der Waals surface area contributed by atoms with E-state index in [0.717, 1.165) is 11.1 Å². The van der Waals surface area contributed by atoms with Crippen molar-refractivity contribution in [2.45, 2.75) is 19.6 Å². The van der Waals surface area contributed by atoms with E-state index in [1.54, 1.807) is 41.3 Å². The Labute approximate surface area is 168 Å². The first-order valence-corrected chi connectivity index (χ1v) is 9.34. The van der Waals surface area contributed by atoms with E-state index < -0.39 is 0 Å². The fourth-order valence-electron chi connectivity index (χ4n) is 3.32. The van der Waals surface area contributed by atoms with E-state index >= 15 is 0 Å². The molecule has 0 bridgehead atoms. The normalized spacial score (nSPS) is 12.4. The lowest BCUT2D eigenvalue weighted by molar-refractivity contribution is 0.0951. The number of urea groups is 1. The molecule has 3 amide bonds. The summed E-state index contributed by atoms with van der Waals surface area (Å²) in [6, 6.07) is 20.6. The van der Waals surface area contributed by atoms with E-state index in [1.807, 2.05) is 24.3 Å². The summed E-state index contributed by atoms with van der Waals surface area (Å²) in [5.41, 5.74) is 4.09. The summed E-state index contributed by atoms with van der Waals surface area (Å²) in [6.45, 7) is 1.41. The minimum Gasteiger partial charge on any atom is -0.348 e. The minimum atomic E-state index is -0.335. The van der Waals surface area contributed by atoms with Crippen LogP contribution in [0, 0.1) is 5.82 Å². The van der Waals surface area contributed by atoms with Gasteiger partial charge >= 0.3 is 6.03 Å². The first-order chi connectivity index (χ1) is 14.1. The molecule has 6 heteroatoms. The van der Waals surface area contributed by atoms with Crippen molar-refractivity contribution < 1.29 is 14.0 Å². The molecule has 0 atom stereocenters.